The van der Waals surface area contributed by atoms with Crippen molar-refractivity contribution < 1.29 is 24.0 Å². The van der Waals surface area contributed by atoms with Crippen molar-refractivity contribution in [3.8, 4) is 0 Å². The van der Waals surface area contributed by atoms with Crippen LogP contribution in [0.25, 0.3) is 0 Å². The first-order valence-corrected chi connectivity index (χ1v) is 9.63. The Balaban J connectivity index is 2.14. The van der Waals surface area contributed by atoms with Crippen LogP contribution in [0.15, 0.2) is 40.5 Å². The van der Waals surface area contributed by atoms with E-state index in [-0.39, 0.29) is 22.9 Å². The van der Waals surface area contributed by atoms with E-state index in [2.05, 4.69) is 4.99 Å². The number of hydrogen-bond donors (Lipinski definition) is 0. The van der Waals surface area contributed by atoms with Crippen molar-refractivity contribution in [2.45, 2.75) is 51.6 Å². The van der Waals surface area contributed by atoms with Gasteiger partial charge >= 0.3 is 11.9 Å². The first kappa shape index (κ1) is 20.7. The van der Waals surface area contributed by atoms with E-state index in [9.17, 15) is 19.7 Å². The Kier molecular flexibility index (Phi) is 6.10. The normalized spacial score (nSPS) is 22.2. The Morgan fingerprint density at radius 1 is 1.17 bits per heavy atom. The Labute approximate surface area is 168 Å². The average molecular weight is 400 g/mol. The van der Waals surface area contributed by atoms with Crippen LogP contribution in [0, 0.1) is 16.0 Å². The number of para-hydroxylation sites is 1. The molecule has 0 aromatic heterocycles. The average Bonchev–Trinajstić information content (AvgIpc) is 3.19. The lowest BCUT2D eigenvalue weighted by atomic mass is 9.75. The van der Waals surface area contributed by atoms with Crippen LogP contribution in [0.2, 0.25) is 0 Å². The number of nitro groups is 1. The van der Waals surface area contributed by atoms with Crippen LogP contribution in [-0.4, -0.2) is 35.8 Å². The molecule has 1 saturated carbocycles. The lowest BCUT2D eigenvalue weighted by Gasteiger charge is -2.31. The Hall–Kier alpha value is -3.03. The van der Waals surface area contributed by atoms with Gasteiger partial charge in [0.25, 0.3) is 5.69 Å². The van der Waals surface area contributed by atoms with Gasteiger partial charge in [-0.1, -0.05) is 18.2 Å². The number of aliphatic imine (C=N–C) groups is 1. The number of ether oxygens (including phenoxy) is 2. The minimum Gasteiger partial charge on any atom is -0.468 e. The standard InChI is InChI=1S/C21H24N2O6/c1-12-17(20(24)28-3)19(15-10-6-7-11-16(15)23(26)27)18(13(2)22-12)21(25)29-14-8-4-5-9-14/h6-7,10-11,14,17,19H,4-5,8-9H2,1-3H3. The molecule has 2 atom stereocenters. The van der Waals surface area contributed by atoms with E-state index in [1.54, 1.807) is 32.0 Å². The molecule has 2 unspecified atom stereocenters. The molecular weight excluding hydrogens is 376 g/mol. The molecule has 0 spiro atoms. The molecule has 1 aliphatic carbocycles. The number of esters is 2. The van der Waals surface area contributed by atoms with Gasteiger partial charge in [-0.05, 0) is 39.5 Å². The summed E-state index contributed by atoms with van der Waals surface area (Å²) in [6, 6.07) is 6.12. The van der Waals surface area contributed by atoms with E-state index in [0.717, 1.165) is 25.7 Å². The summed E-state index contributed by atoms with van der Waals surface area (Å²) in [5.41, 5.74) is 1.11. The molecule has 1 aliphatic heterocycles. The van der Waals surface area contributed by atoms with Gasteiger partial charge in [-0.25, -0.2) is 4.79 Å². The second-order valence-electron chi connectivity index (χ2n) is 7.36. The lowest BCUT2D eigenvalue weighted by molar-refractivity contribution is -0.385. The molecule has 8 heteroatoms. The fourth-order valence-electron chi connectivity index (χ4n) is 4.21. The Morgan fingerprint density at radius 3 is 2.45 bits per heavy atom. The Bertz CT molecular complexity index is 898. The number of benzene rings is 1. The van der Waals surface area contributed by atoms with Crippen molar-refractivity contribution in [1.82, 2.24) is 0 Å². The molecular formula is C21H24N2O6. The molecule has 1 aromatic rings. The van der Waals surface area contributed by atoms with Crippen LogP contribution in [0.3, 0.4) is 0 Å². The van der Waals surface area contributed by atoms with Gasteiger partial charge in [0.05, 0.1) is 17.6 Å². The second kappa shape index (κ2) is 8.55. The van der Waals surface area contributed by atoms with Crippen LogP contribution < -0.4 is 0 Å². The molecule has 3 rings (SSSR count). The molecule has 154 valence electrons. The van der Waals surface area contributed by atoms with Crippen molar-refractivity contribution >= 4 is 23.3 Å². The third kappa shape index (κ3) is 4.06. The predicted molar refractivity (Wildman–Crippen MR) is 106 cm³/mol. The van der Waals surface area contributed by atoms with E-state index in [0.29, 0.717) is 11.4 Å². The molecule has 1 fully saturated rings. The molecule has 1 heterocycles. The number of carbonyl (C=O) groups excluding carboxylic acids is 2. The van der Waals surface area contributed by atoms with Crippen LogP contribution in [-0.2, 0) is 19.1 Å². The molecule has 8 nitrogen and oxygen atoms in total. The largest absolute Gasteiger partial charge is 0.468 e. The van der Waals surface area contributed by atoms with Gasteiger partial charge in [-0.3, -0.25) is 19.9 Å². The van der Waals surface area contributed by atoms with Crippen LogP contribution in [0.5, 0.6) is 0 Å². The van der Waals surface area contributed by atoms with E-state index in [1.807, 2.05) is 0 Å². The first-order valence-electron chi connectivity index (χ1n) is 9.63. The summed E-state index contributed by atoms with van der Waals surface area (Å²) in [6.07, 6.45) is 3.38. The van der Waals surface area contributed by atoms with E-state index in [1.165, 1.54) is 13.2 Å². The molecule has 2 aliphatic rings. The summed E-state index contributed by atoms with van der Waals surface area (Å²) in [5, 5.41) is 11.7. The highest BCUT2D eigenvalue weighted by molar-refractivity contribution is 6.07. The number of hydrogen-bond acceptors (Lipinski definition) is 7. The topological polar surface area (TPSA) is 108 Å². The van der Waals surface area contributed by atoms with Gasteiger partial charge in [0.15, 0.2) is 0 Å². The molecule has 0 radical (unpaired) electrons. The minimum atomic E-state index is -0.948. The first-order chi connectivity index (χ1) is 13.8. The number of allylic oxidation sites excluding steroid dienone is 1. The Morgan fingerprint density at radius 2 is 1.83 bits per heavy atom. The van der Waals surface area contributed by atoms with Gasteiger partial charge in [0.1, 0.15) is 12.0 Å². The number of carbonyl (C=O) groups is 2. The SMILES string of the molecule is COC(=O)C1C(C)=NC(C)=C(C(=O)OC2CCCC2)C1c1ccccc1[N+](=O)[O-]. The lowest BCUT2D eigenvalue weighted by Crippen LogP contribution is -2.37. The van der Waals surface area contributed by atoms with Gasteiger partial charge in [0.2, 0.25) is 0 Å². The molecule has 29 heavy (non-hydrogen) atoms. The third-order valence-electron chi connectivity index (χ3n) is 5.55. The quantitative estimate of drug-likeness (QED) is 0.424. The zero-order valence-electron chi connectivity index (χ0n) is 16.7. The molecule has 0 bridgehead atoms. The smallest absolute Gasteiger partial charge is 0.336 e. The highest BCUT2D eigenvalue weighted by Crippen LogP contribution is 2.43. The summed E-state index contributed by atoms with van der Waals surface area (Å²) >= 11 is 0. The van der Waals surface area contributed by atoms with Crippen molar-refractivity contribution in [2.75, 3.05) is 7.11 Å². The fraction of sp³-hybridized carbons (Fsp3) is 0.476. The highest BCUT2D eigenvalue weighted by atomic mass is 16.6. The molecule has 0 N–H and O–H groups in total. The number of rotatable bonds is 5. The van der Waals surface area contributed by atoms with Gasteiger partial charge in [-0.15, -0.1) is 0 Å². The van der Waals surface area contributed by atoms with E-state index in [4.69, 9.17) is 9.47 Å². The summed E-state index contributed by atoms with van der Waals surface area (Å²) in [6.45, 7) is 3.32. The highest BCUT2D eigenvalue weighted by Gasteiger charge is 2.45. The van der Waals surface area contributed by atoms with E-state index >= 15 is 0 Å². The van der Waals surface area contributed by atoms with Crippen LogP contribution in [0.1, 0.15) is 51.0 Å². The maximum Gasteiger partial charge on any atom is 0.336 e. The zero-order valence-corrected chi connectivity index (χ0v) is 16.7. The van der Waals surface area contributed by atoms with Crippen molar-refractivity contribution in [2.24, 2.45) is 10.9 Å². The number of nitro benzene ring substituents is 1. The van der Waals surface area contributed by atoms with Crippen molar-refractivity contribution in [3.63, 3.8) is 0 Å². The third-order valence-corrected chi connectivity index (χ3v) is 5.55. The fourth-order valence-corrected chi connectivity index (χ4v) is 4.21. The maximum absolute atomic E-state index is 13.1. The van der Waals surface area contributed by atoms with Crippen LogP contribution in [0.4, 0.5) is 5.69 Å². The van der Waals surface area contributed by atoms with Gasteiger partial charge in [-0.2, -0.15) is 0 Å². The number of nitrogens with zero attached hydrogens (tertiary/aromatic N) is 2. The summed E-state index contributed by atoms with van der Waals surface area (Å²) in [4.78, 5) is 41.3. The van der Waals surface area contributed by atoms with Gasteiger partial charge < -0.3 is 9.47 Å². The summed E-state index contributed by atoms with van der Waals surface area (Å²) < 4.78 is 10.6. The van der Waals surface area contributed by atoms with Crippen molar-refractivity contribution in [3.05, 3.63) is 51.2 Å². The minimum absolute atomic E-state index is 0.167. The summed E-state index contributed by atoms with van der Waals surface area (Å²) in [7, 11) is 1.24. The monoisotopic (exact) mass is 400 g/mol. The number of methoxy groups -OCH3 is 1. The van der Waals surface area contributed by atoms with Crippen LogP contribution >= 0.6 is 0 Å². The van der Waals surface area contributed by atoms with Crippen molar-refractivity contribution in [1.29, 1.82) is 0 Å². The molecule has 0 amide bonds. The summed E-state index contributed by atoms with van der Waals surface area (Å²) in [5.74, 6) is -3.04. The van der Waals surface area contributed by atoms with E-state index < -0.39 is 28.7 Å². The molecule has 0 saturated heterocycles. The predicted octanol–water partition coefficient (Wildman–Crippen LogP) is 3.70. The molecule has 1 aromatic carbocycles. The van der Waals surface area contributed by atoms with Gasteiger partial charge in [0, 0.05) is 29.0 Å². The second-order valence-corrected chi connectivity index (χ2v) is 7.36. The maximum atomic E-state index is 13.1. The zero-order chi connectivity index (χ0) is 21.1.